The Morgan fingerprint density at radius 3 is 2.81 bits per heavy atom. The topological polar surface area (TPSA) is 29.9 Å². The molecular formula is C17H30ClN3. The van der Waals surface area contributed by atoms with Gasteiger partial charge >= 0.3 is 0 Å². The van der Waals surface area contributed by atoms with Gasteiger partial charge in [-0.25, -0.2) is 0 Å². The molecule has 1 aromatic heterocycles. The van der Waals surface area contributed by atoms with E-state index >= 15 is 0 Å². The van der Waals surface area contributed by atoms with Crippen LogP contribution in [0.5, 0.6) is 0 Å². The predicted octanol–water partition coefficient (Wildman–Crippen LogP) is 4.47. The van der Waals surface area contributed by atoms with E-state index in [1.165, 1.54) is 37.8 Å². The Balaban J connectivity index is 2.17. The maximum atomic E-state index is 6.47. The molecule has 3 atom stereocenters. The molecular weight excluding hydrogens is 282 g/mol. The van der Waals surface area contributed by atoms with Crippen molar-refractivity contribution in [1.82, 2.24) is 15.1 Å². The van der Waals surface area contributed by atoms with Crippen molar-refractivity contribution in [2.75, 3.05) is 13.1 Å². The van der Waals surface area contributed by atoms with E-state index in [2.05, 4.69) is 35.9 Å². The Kier molecular flexibility index (Phi) is 6.56. The number of aromatic nitrogens is 2. The summed E-state index contributed by atoms with van der Waals surface area (Å²) >= 11 is 6.47. The quantitative estimate of drug-likeness (QED) is 0.753. The molecule has 3 unspecified atom stereocenters. The van der Waals surface area contributed by atoms with E-state index in [0.717, 1.165) is 30.6 Å². The Labute approximate surface area is 134 Å². The molecule has 1 aliphatic rings. The van der Waals surface area contributed by atoms with Crippen molar-refractivity contribution in [3.05, 3.63) is 16.9 Å². The number of nitrogens with zero attached hydrogens (tertiary/aromatic N) is 2. The third kappa shape index (κ3) is 4.01. The molecule has 1 saturated carbocycles. The third-order valence-corrected chi connectivity index (χ3v) is 5.29. The molecule has 0 aliphatic heterocycles. The predicted molar refractivity (Wildman–Crippen MR) is 89.9 cm³/mol. The molecule has 2 rings (SSSR count). The van der Waals surface area contributed by atoms with Crippen molar-refractivity contribution in [3.63, 3.8) is 0 Å². The van der Waals surface area contributed by atoms with Crippen molar-refractivity contribution >= 4 is 11.6 Å². The lowest BCUT2D eigenvalue weighted by atomic mass is 9.71. The van der Waals surface area contributed by atoms with Gasteiger partial charge in [-0.05, 0) is 51.1 Å². The molecule has 3 nitrogen and oxygen atoms in total. The van der Waals surface area contributed by atoms with Gasteiger partial charge in [0.05, 0.1) is 16.9 Å². The molecule has 1 fully saturated rings. The molecule has 1 aliphatic carbocycles. The number of hydrogen-bond donors (Lipinski definition) is 1. The van der Waals surface area contributed by atoms with Gasteiger partial charge < -0.3 is 5.32 Å². The number of aryl methyl sites for hydroxylation is 1. The van der Waals surface area contributed by atoms with Gasteiger partial charge in [0.2, 0.25) is 0 Å². The van der Waals surface area contributed by atoms with Crippen LogP contribution in [-0.2, 0) is 6.54 Å². The van der Waals surface area contributed by atoms with Crippen molar-refractivity contribution in [1.29, 1.82) is 0 Å². The lowest BCUT2D eigenvalue weighted by molar-refractivity contribution is 0.218. The normalized spacial score (nSPS) is 26.2. The van der Waals surface area contributed by atoms with Crippen molar-refractivity contribution in [3.8, 4) is 0 Å². The minimum atomic E-state index is 0.558. The Morgan fingerprint density at radius 1 is 1.33 bits per heavy atom. The molecule has 21 heavy (non-hydrogen) atoms. The second-order valence-electron chi connectivity index (χ2n) is 6.35. The van der Waals surface area contributed by atoms with Gasteiger partial charge in [-0.15, -0.1) is 0 Å². The van der Waals surface area contributed by atoms with E-state index in [9.17, 15) is 0 Å². The monoisotopic (exact) mass is 311 g/mol. The second kappa shape index (κ2) is 8.19. The standard InChI is InChI=1S/C17H30ClN3/c1-4-9-19-11-14-8-7-13(5-2)10-15(14)17-16(18)12-20-21(17)6-3/h12-15,19H,4-11H2,1-3H3. The highest BCUT2D eigenvalue weighted by atomic mass is 35.5. The van der Waals surface area contributed by atoms with Gasteiger partial charge in [-0.1, -0.05) is 38.3 Å². The van der Waals surface area contributed by atoms with E-state index in [1.54, 1.807) is 0 Å². The summed E-state index contributed by atoms with van der Waals surface area (Å²) in [5.41, 5.74) is 1.28. The maximum Gasteiger partial charge on any atom is 0.0820 e. The fourth-order valence-corrected chi connectivity index (χ4v) is 4.01. The van der Waals surface area contributed by atoms with Gasteiger partial charge in [-0.3, -0.25) is 4.68 Å². The van der Waals surface area contributed by atoms with Crippen molar-refractivity contribution in [2.24, 2.45) is 11.8 Å². The van der Waals surface area contributed by atoms with Crippen LogP contribution in [0, 0.1) is 11.8 Å². The number of hydrogen-bond acceptors (Lipinski definition) is 2. The lowest BCUT2D eigenvalue weighted by Crippen LogP contribution is -2.33. The van der Waals surface area contributed by atoms with Gasteiger partial charge in [0.15, 0.2) is 0 Å². The smallest absolute Gasteiger partial charge is 0.0820 e. The first-order chi connectivity index (χ1) is 10.2. The van der Waals surface area contributed by atoms with E-state index in [0.29, 0.717) is 11.8 Å². The van der Waals surface area contributed by atoms with Crippen LogP contribution >= 0.6 is 11.6 Å². The molecule has 1 heterocycles. The molecule has 1 aromatic rings. The highest BCUT2D eigenvalue weighted by Crippen LogP contribution is 2.43. The fourth-order valence-electron chi connectivity index (χ4n) is 3.73. The largest absolute Gasteiger partial charge is 0.316 e. The minimum absolute atomic E-state index is 0.558. The second-order valence-corrected chi connectivity index (χ2v) is 6.76. The molecule has 0 amide bonds. The van der Waals surface area contributed by atoms with Gasteiger partial charge in [-0.2, -0.15) is 5.10 Å². The number of nitrogens with one attached hydrogen (secondary N) is 1. The van der Waals surface area contributed by atoms with Crippen LogP contribution in [0.25, 0.3) is 0 Å². The van der Waals surface area contributed by atoms with Crippen LogP contribution < -0.4 is 5.32 Å². The SMILES string of the molecule is CCCNCC1CCC(CC)CC1c1c(Cl)cnn1CC. The number of rotatable bonds is 7. The molecule has 1 N–H and O–H groups in total. The summed E-state index contributed by atoms with van der Waals surface area (Å²) < 4.78 is 2.11. The minimum Gasteiger partial charge on any atom is -0.316 e. The zero-order valence-corrected chi connectivity index (χ0v) is 14.5. The van der Waals surface area contributed by atoms with Crippen LogP contribution in [0.2, 0.25) is 5.02 Å². The average molecular weight is 312 g/mol. The van der Waals surface area contributed by atoms with Crippen LogP contribution in [0.15, 0.2) is 6.20 Å². The average Bonchev–Trinajstić information content (AvgIpc) is 2.88. The number of halogens is 1. The van der Waals surface area contributed by atoms with E-state index in [-0.39, 0.29) is 0 Å². The summed E-state index contributed by atoms with van der Waals surface area (Å²) in [5, 5.41) is 8.93. The molecule has 0 saturated heterocycles. The lowest BCUT2D eigenvalue weighted by Gasteiger charge is -2.36. The molecule has 0 radical (unpaired) electrons. The third-order valence-electron chi connectivity index (χ3n) is 5.00. The van der Waals surface area contributed by atoms with E-state index in [4.69, 9.17) is 11.6 Å². The first kappa shape index (κ1) is 16.8. The van der Waals surface area contributed by atoms with Crippen LogP contribution in [0.3, 0.4) is 0 Å². The summed E-state index contributed by atoms with van der Waals surface area (Å²) in [7, 11) is 0. The van der Waals surface area contributed by atoms with Gasteiger partial charge in [0.25, 0.3) is 0 Å². The molecule has 0 aromatic carbocycles. The van der Waals surface area contributed by atoms with Gasteiger partial charge in [0, 0.05) is 12.5 Å². The maximum absolute atomic E-state index is 6.47. The van der Waals surface area contributed by atoms with Crippen LogP contribution in [-0.4, -0.2) is 22.9 Å². The van der Waals surface area contributed by atoms with Crippen molar-refractivity contribution in [2.45, 2.75) is 65.3 Å². The molecule has 4 heteroatoms. The highest BCUT2D eigenvalue weighted by Gasteiger charge is 2.33. The summed E-state index contributed by atoms with van der Waals surface area (Å²) in [4.78, 5) is 0. The molecule has 0 bridgehead atoms. The van der Waals surface area contributed by atoms with Gasteiger partial charge in [0.1, 0.15) is 0 Å². The molecule has 120 valence electrons. The highest BCUT2D eigenvalue weighted by molar-refractivity contribution is 6.31. The Bertz CT molecular complexity index is 428. The van der Waals surface area contributed by atoms with E-state index in [1.807, 2.05) is 6.20 Å². The van der Waals surface area contributed by atoms with E-state index < -0.39 is 0 Å². The zero-order chi connectivity index (χ0) is 15.2. The Morgan fingerprint density at radius 2 is 2.14 bits per heavy atom. The van der Waals surface area contributed by atoms with Crippen LogP contribution in [0.4, 0.5) is 0 Å². The summed E-state index contributed by atoms with van der Waals surface area (Å²) in [6, 6.07) is 0. The first-order valence-corrected chi connectivity index (χ1v) is 9.00. The first-order valence-electron chi connectivity index (χ1n) is 8.63. The summed E-state index contributed by atoms with van der Waals surface area (Å²) in [5.74, 6) is 2.09. The fraction of sp³-hybridized carbons (Fsp3) is 0.824. The zero-order valence-electron chi connectivity index (χ0n) is 13.7. The van der Waals surface area contributed by atoms with Crippen LogP contribution in [0.1, 0.15) is 64.5 Å². The van der Waals surface area contributed by atoms with Crippen molar-refractivity contribution < 1.29 is 0 Å². The summed E-state index contributed by atoms with van der Waals surface area (Å²) in [6.07, 6.45) is 8.24. The summed E-state index contributed by atoms with van der Waals surface area (Å²) in [6.45, 7) is 9.82. The molecule has 0 spiro atoms. The Hall–Kier alpha value is -0.540.